The summed E-state index contributed by atoms with van der Waals surface area (Å²) < 4.78 is 0. The van der Waals surface area contributed by atoms with E-state index in [1.165, 1.54) is 0 Å². The van der Waals surface area contributed by atoms with Crippen LogP contribution in [0.25, 0.3) is 0 Å². The number of hydrogen-bond donors (Lipinski definition) is 1. The minimum atomic E-state index is -0.961. The van der Waals surface area contributed by atoms with E-state index in [9.17, 15) is 14.7 Å². The third-order valence-corrected chi connectivity index (χ3v) is 4.28. The largest absolute Gasteiger partial charge is 0.478 e. The van der Waals surface area contributed by atoms with E-state index in [-0.39, 0.29) is 17.4 Å². The zero-order chi connectivity index (χ0) is 15.7. The highest BCUT2D eigenvalue weighted by atomic mass is 16.4. The van der Waals surface area contributed by atoms with E-state index in [0.29, 0.717) is 18.9 Å². The molecule has 0 atom stereocenters. The normalized spacial score (nSPS) is 19.0. The highest BCUT2D eigenvalue weighted by molar-refractivity contribution is 5.93. The van der Waals surface area contributed by atoms with Crippen LogP contribution in [0.2, 0.25) is 0 Å². The Balaban J connectivity index is 1.77. The van der Waals surface area contributed by atoms with Gasteiger partial charge in [0.1, 0.15) is 11.4 Å². The lowest BCUT2D eigenvalue weighted by molar-refractivity contribution is -0.132. The van der Waals surface area contributed by atoms with Crippen LogP contribution in [0.15, 0.2) is 12.1 Å². The van der Waals surface area contributed by atoms with Gasteiger partial charge in [0.2, 0.25) is 5.91 Å². The SMILES string of the molecule is Cc1ccc(C(=O)O)c(N2CCCN(C(=O)C3CC3)CC2)n1. The van der Waals surface area contributed by atoms with Crippen LogP contribution in [-0.2, 0) is 4.79 Å². The second-order valence-corrected chi connectivity index (χ2v) is 6.07. The van der Waals surface area contributed by atoms with Gasteiger partial charge in [-0.05, 0) is 38.3 Å². The third kappa shape index (κ3) is 3.05. The van der Waals surface area contributed by atoms with Crippen LogP contribution in [0, 0.1) is 12.8 Å². The predicted octanol–water partition coefficient (Wildman–Crippen LogP) is 1.54. The molecule has 0 aromatic carbocycles. The van der Waals surface area contributed by atoms with E-state index < -0.39 is 5.97 Å². The molecule has 6 nitrogen and oxygen atoms in total. The fourth-order valence-electron chi connectivity index (χ4n) is 2.89. The van der Waals surface area contributed by atoms with Gasteiger partial charge in [0.15, 0.2) is 0 Å². The van der Waals surface area contributed by atoms with Gasteiger partial charge < -0.3 is 14.9 Å². The molecule has 22 heavy (non-hydrogen) atoms. The first-order valence-corrected chi connectivity index (χ1v) is 7.81. The first kappa shape index (κ1) is 14.8. The van der Waals surface area contributed by atoms with Gasteiger partial charge in [0.25, 0.3) is 0 Å². The molecule has 1 aliphatic heterocycles. The molecular weight excluding hydrogens is 282 g/mol. The molecule has 118 valence electrons. The summed E-state index contributed by atoms with van der Waals surface area (Å²) in [5.41, 5.74) is 1.03. The Labute approximate surface area is 129 Å². The van der Waals surface area contributed by atoms with Crippen LogP contribution in [-0.4, -0.2) is 53.0 Å². The lowest BCUT2D eigenvalue weighted by atomic mass is 10.2. The van der Waals surface area contributed by atoms with Crippen LogP contribution in [0.3, 0.4) is 0 Å². The first-order chi connectivity index (χ1) is 10.6. The molecule has 1 aromatic heterocycles. The fourth-order valence-corrected chi connectivity index (χ4v) is 2.89. The number of aryl methyl sites for hydroxylation is 1. The second-order valence-electron chi connectivity index (χ2n) is 6.07. The summed E-state index contributed by atoms with van der Waals surface area (Å²) in [6, 6.07) is 3.33. The number of aromatic carboxylic acids is 1. The molecule has 1 aliphatic carbocycles. The molecule has 1 aromatic rings. The number of carboxylic acids is 1. The van der Waals surface area contributed by atoms with Crippen molar-refractivity contribution in [1.82, 2.24) is 9.88 Å². The quantitative estimate of drug-likeness (QED) is 0.917. The number of hydrogen-bond acceptors (Lipinski definition) is 4. The summed E-state index contributed by atoms with van der Waals surface area (Å²) in [6.07, 6.45) is 2.87. The van der Waals surface area contributed by atoms with Crippen LogP contribution >= 0.6 is 0 Å². The Hall–Kier alpha value is -2.11. The Morgan fingerprint density at radius 2 is 1.95 bits per heavy atom. The van der Waals surface area contributed by atoms with Gasteiger partial charge in [-0.2, -0.15) is 0 Å². The molecule has 0 spiro atoms. The summed E-state index contributed by atoms with van der Waals surface area (Å²) in [6.45, 7) is 4.61. The van der Waals surface area contributed by atoms with Gasteiger partial charge in [-0.3, -0.25) is 4.79 Å². The zero-order valence-electron chi connectivity index (χ0n) is 12.8. The molecule has 3 rings (SSSR count). The van der Waals surface area contributed by atoms with E-state index in [0.717, 1.165) is 38.0 Å². The Morgan fingerprint density at radius 1 is 1.18 bits per heavy atom. The topological polar surface area (TPSA) is 73.7 Å². The summed E-state index contributed by atoms with van der Waals surface area (Å²) >= 11 is 0. The molecule has 1 N–H and O–H groups in total. The highest BCUT2D eigenvalue weighted by Gasteiger charge is 2.34. The molecule has 0 radical (unpaired) electrons. The predicted molar refractivity (Wildman–Crippen MR) is 82.1 cm³/mol. The van der Waals surface area contributed by atoms with Crippen molar-refractivity contribution in [3.63, 3.8) is 0 Å². The molecule has 0 bridgehead atoms. The van der Waals surface area contributed by atoms with E-state index in [2.05, 4.69) is 4.98 Å². The van der Waals surface area contributed by atoms with E-state index in [1.54, 1.807) is 12.1 Å². The number of pyridine rings is 1. The van der Waals surface area contributed by atoms with Gasteiger partial charge in [-0.1, -0.05) is 0 Å². The van der Waals surface area contributed by atoms with E-state index in [1.807, 2.05) is 16.7 Å². The average Bonchev–Trinajstić information content (AvgIpc) is 3.32. The molecule has 2 fully saturated rings. The summed E-state index contributed by atoms with van der Waals surface area (Å²) in [7, 11) is 0. The van der Waals surface area contributed by atoms with Gasteiger partial charge >= 0.3 is 5.97 Å². The molecule has 6 heteroatoms. The van der Waals surface area contributed by atoms with Crippen LogP contribution in [0.4, 0.5) is 5.82 Å². The number of nitrogens with zero attached hydrogens (tertiary/aromatic N) is 3. The maximum Gasteiger partial charge on any atom is 0.339 e. The number of amides is 1. The van der Waals surface area contributed by atoms with Crippen molar-refractivity contribution in [2.24, 2.45) is 5.92 Å². The van der Waals surface area contributed by atoms with Gasteiger partial charge in [-0.25, -0.2) is 9.78 Å². The van der Waals surface area contributed by atoms with E-state index >= 15 is 0 Å². The Kier molecular flexibility index (Phi) is 4.00. The van der Waals surface area contributed by atoms with Crippen molar-refractivity contribution in [2.45, 2.75) is 26.2 Å². The Bertz CT molecular complexity index is 598. The summed E-state index contributed by atoms with van der Waals surface area (Å²) in [5, 5.41) is 9.35. The van der Waals surface area contributed by atoms with Crippen LogP contribution < -0.4 is 4.90 Å². The molecule has 0 unspecified atom stereocenters. The minimum Gasteiger partial charge on any atom is -0.478 e. The second kappa shape index (κ2) is 5.94. The number of carbonyl (C=O) groups excluding carboxylic acids is 1. The maximum absolute atomic E-state index is 12.2. The summed E-state index contributed by atoms with van der Waals surface area (Å²) in [4.78, 5) is 31.9. The standard InChI is InChI=1S/C16H21N3O3/c1-11-3-6-13(16(21)22)14(17-11)18-7-2-8-19(10-9-18)15(20)12-4-5-12/h3,6,12H,2,4-5,7-10H2,1H3,(H,21,22). The van der Waals surface area contributed by atoms with E-state index in [4.69, 9.17) is 0 Å². The van der Waals surface area contributed by atoms with Gasteiger partial charge in [0, 0.05) is 37.8 Å². The Morgan fingerprint density at radius 3 is 2.64 bits per heavy atom. The van der Waals surface area contributed by atoms with Gasteiger partial charge in [-0.15, -0.1) is 0 Å². The molecule has 2 aliphatic rings. The number of carbonyl (C=O) groups is 2. The molecule has 1 saturated carbocycles. The minimum absolute atomic E-state index is 0.229. The van der Waals surface area contributed by atoms with Gasteiger partial charge in [0.05, 0.1) is 0 Å². The smallest absolute Gasteiger partial charge is 0.339 e. The molecule has 1 saturated heterocycles. The molecule has 1 amide bonds. The lowest BCUT2D eigenvalue weighted by Crippen LogP contribution is -2.36. The third-order valence-electron chi connectivity index (χ3n) is 4.28. The van der Waals surface area contributed by atoms with Crippen molar-refractivity contribution < 1.29 is 14.7 Å². The molecule has 2 heterocycles. The first-order valence-electron chi connectivity index (χ1n) is 7.81. The lowest BCUT2D eigenvalue weighted by Gasteiger charge is -2.24. The van der Waals surface area contributed by atoms with Crippen molar-refractivity contribution in [3.05, 3.63) is 23.4 Å². The van der Waals surface area contributed by atoms with Crippen molar-refractivity contribution in [3.8, 4) is 0 Å². The van der Waals surface area contributed by atoms with Crippen LogP contribution in [0.5, 0.6) is 0 Å². The zero-order valence-corrected chi connectivity index (χ0v) is 12.8. The fraction of sp³-hybridized carbons (Fsp3) is 0.562. The average molecular weight is 303 g/mol. The monoisotopic (exact) mass is 303 g/mol. The van der Waals surface area contributed by atoms with Crippen molar-refractivity contribution >= 4 is 17.7 Å². The van der Waals surface area contributed by atoms with Crippen LogP contribution in [0.1, 0.15) is 35.3 Å². The van der Waals surface area contributed by atoms with Crippen molar-refractivity contribution in [1.29, 1.82) is 0 Å². The number of carboxylic acid groups (broad SMARTS) is 1. The summed E-state index contributed by atoms with van der Waals surface area (Å²) in [5.74, 6) is 0.0571. The maximum atomic E-state index is 12.2. The number of rotatable bonds is 3. The van der Waals surface area contributed by atoms with Crippen molar-refractivity contribution in [2.75, 3.05) is 31.1 Å². The number of anilines is 1. The highest BCUT2D eigenvalue weighted by Crippen LogP contribution is 2.31. The number of aromatic nitrogens is 1. The molecular formula is C16H21N3O3.